The molecule has 1 aromatic rings. The maximum Gasteiger partial charge on any atom is 0.161 e. The Kier molecular flexibility index (Phi) is 5.21. The maximum absolute atomic E-state index is 5.76. The summed E-state index contributed by atoms with van der Waals surface area (Å²) in [6, 6.07) is 6.83. The average Bonchev–Trinajstić information content (AvgIpc) is 3.23. The molecule has 0 radical (unpaired) electrons. The molecule has 0 aromatic heterocycles. The van der Waals surface area contributed by atoms with Gasteiger partial charge in [-0.05, 0) is 56.3 Å². The molecular weight excluding hydrogens is 278 g/mol. The molecule has 2 heterocycles. The van der Waals surface area contributed by atoms with Gasteiger partial charge in [-0.3, -0.25) is 4.90 Å². The van der Waals surface area contributed by atoms with E-state index in [0.29, 0.717) is 12.1 Å². The van der Waals surface area contributed by atoms with E-state index in [9.17, 15) is 0 Å². The minimum atomic E-state index is 0.478. The summed E-state index contributed by atoms with van der Waals surface area (Å²) in [4.78, 5) is 2.60. The lowest BCUT2D eigenvalue weighted by Crippen LogP contribution is -2.27. The summed E-state index contributed by atoms with van der Waals surface area (Å²) in [5.41, 5.74) is 1.34. The van der Waals surface area contributed by atoms with Crippen LogP contribution in [-0.2, 0) is 4.74 Å². The highest BCUT2D eigenvalue weighted by Crippen LogP contribution is 2.37. The van der Waals surface area contributed by atoms with Gasteiger partial charge < -0.3 is 14.2 Å². The largest absolute Gasteiger partial charge is 0.493 e. The molecule has 0 spiro atoms. The van der Waals surface area contributed by atoms with Crippen molar-refractivity contribution in [3.63, 3.8) is 0 Å². The molecule has 2 atom stereocenters. The number of benzene rings is 1. The molecule has 0 N–H and O–H groups in total. The van der Waals surface area contributed by atoms with Crippen molar-refractivity contribution < 1.29 is 14.2 Å². The van der Waals surface area contributed by atoms with Gasteiger partial charge in [0.1, 0.15) is 0 Å². The highest BCUT2D eigenvalue weighted by Gasteiger charge is 2.27. The number of hydrogen-bond donors (Lipinski definition) is 0. The quantitative estimate of drug-likeness (QED) is 0.806. The fraction of sp³-hybridized carbons (Fsp3) is 0.667. The Hall–Kier alpha value is -1.26. The van der Waals surface area contributed by atoms with E-state index in [1.807, 2.05) is 6.07 Å². The summed E-state index contributed by atoms with van der Waals surface area (Å²) < 4.78 is 16.5. The van der Waals surface area contributed by atoms with Gasteiger partial charge in [-0.15, -0.1) is 0 Å². The summed E-state index contributed by atoms with van der Waals surface area (Å²) in [6.07, 6.45) is 6.58. The van der Waals surface area contributed by atoms with Crippen LogP contribution in [0.15, 0.2) is 18.2 Å². The Morgan fingerprint density at radius 1 is 1.14 bits per heavy atom. The van der Waals surface area contributed by atoms with E-state index in [-0.39, 0.29) is 0 Å². The van der Waals surface area contributed by atoms with Crippen molar-refractivity contribution in [1.82, 2.24) is 4.90 Å². The maximum atomic E-state index is 5.76. The lowest BCUT2D eigenvalue weighted by Gasteiger charge is -2.26. The van der Waals surface area contributed by atoms with Crippen LogP contribution < -0.4 is 9.47 Å². The van der Waals surface area contributed by atoms with E-state index < -0.39 is 0 Å². The van der Waals surface area contributed by atoms with Crippen LogP contribution in [0.2, 0.25) is 0 Å². The van der Waals surface area contributed by atoms with Gasteiger partial charge in [-0.1, -0.05) is 6.07 Å². The lowest BCUT2D eigenvalue weighted by atomic mass is 10.0. The second-order valence-corrected chi connectivity index (χ2v) is 6.23. The fourth-order valence-electron chi connectivity index (χ4n) is 3.71. The Labute approximate surface area is 133 Å². The first-order valence-electron chi connectivity index (χ1n) is 8.39. The van der Waals surface area contributed by atoms with Crippen LogP contribution in [-0.4, -0.2) is 44.9 Å². The van der Waals surface area contributed by atoms with Gasteiger partial charge in [-0.25, -0.2) is 0 Å². The number of likely N-dealkylation sites (tertiary alicyclic amines) is 1. The highest BCUT2D eigenvalue weighted by atomic mass is 16.5. The molecule has 1 aromatic carbocycles. The molecule has 22 heavy (non-hydrogen) atoms. The van der Waals surface area contributed by atoms with E-state index in [1.54, 1.807) is 14.2 Å². The van der Waals surface area contributed by atoms with Crippen molar-refractivity contribution in [2.45, 2.75) is 44.2 Å². The van der Waals surface area contributed by atoms with Crippen molar-refractivity contribution in [3.05, 3.63) is 23.8 Å². The number of rotatable bonds is 6. The van der Waals surface area contributed by atoms with Gasteiger partial charge in [0.2, 0.25) is 0 Å². The van der Waals surface area contributed by atoms with Crippen molar-refractivity contribution in [2.24, 2.45) is 0 Å². The fourth-order valence-corrected chi connectivity index (χ4v) is 3.71. The number of methoxy groups -OCH3 is 2. The Morgan fingerprint density at radius 2 is 2.00 bits per heavy atom. The normalized spacial score (nSPS) is 25.5. The summed E-state index contributed by atoms with van der Waals surface area (Å²) in [7, 11) is 3.38. The second kappa shape index (κ2) is 7.34. The molecule has 122 valence electrons. The number of ether oxygens (including phenoxy) is 3. The van der Waals surface area contributed by atoms with Crippen molar-refractivity contribution in [3.8, 4) is 11.5 Å². The Bertz CT molecular complexity index is 485. The molecule has 0 bridgehead atoms. The molecular formula is C18H27NO3. The minimum absolute atomic E-state index is 0.478. The molecule has 4 nitrogen and oxygen atoms in total. The predicted octanol–water partition coefficient (Wildman–Crippen LogP) is 3.41. The van der Waals surface area contributed by atoms with Gasteiger partial charge in [0, 0.05) is 19.2 Å². The third-order valence-electron chi connectivity index (χ3n) is 4.92. The van der Waals surface area contributed by atoms with Crippen LogP contribution in [0.4, 0.5) is 0 Å². The molecule has 0 unspecified atom stereocenters. The van der Waals surface area contributed by atoms with Crippen molar-refractivity contribution >= 4 is 0 Å². The van der Waals surface area contributed by atoms with Gasteiger partial charge in [0.25, 0.3) is 0 Å². The summed E-state index contributed by atoms with van der Waals surface area (Å²) in [5, 5.41) is 0. The van der Waals surface area contributed by atoms with Crippen LogP contribution in [0, 0.1) is 0 Å². The van der Waals surface area contributed by atoms with Crippen LogP contribution in [0.5, 0.6) is 11.5 Å². The number of hydrogen-bond acceptors (Lipinski definition) is 4. The van der Waals surface area contributed by atoms with Crippen LogP contribution in [0.3, 0.4) is 0 Å². The average molecular weight is 305 g/mol. The zero-order valence-electron chi connectivity index (χ0n) is 13.7. The first-order chi connectivity index (χ1) is 10.8. The molecule has 2 fully saturated rings. The first-order valence-corrected chi connectivity index (χ1v) is 8.39. The van der Waals surface area contributed by atoms with Gasteiger partial charge in [0.05, 0.1) is 20.3 Å². The molecule has 2 aliphatic heterocycles. The standard InChI is InChI=1S/C18H27NO3/c1-20-17-8-7-14(13-18(17)21-2)16-6-3-10-19(16)11-9-15-5-4-12-22-15/h7-8,13,15-16H,3-6,9-12H2,1-2H3/t15-,16+/m0/s1. The van der Waals surface area contributed by atoms with E-state index in [2.05, 4.69) is 17.0 Å². The SMILES string of the molecule is COc1ccc([C@H]2CCCN2CC[C@@H]2CCCO2)cc1OC. The van der Waals surface area contributed by atoms with Crippen LogP contribution in [0.25, 0.3) is 0 Å². The van der Waals surface area contributed by atoms with E-state index in [0.717, 1.165) is 31.1 Å². The molecule has 2 saturated heterocycles. The summed E-state index contributed by atoms with van der Waals surface area (Å²) in [6.45, 7) is 3.26. The van der Waals surface area contributed by atoms with Gasteiger partial charge in [-0.2, -0.15) is 0 Å². The molecule has 3 rings (SSSR count). The van der Waals surface area contributed by atoms with Crippen LogP contribution >= 0.6 is 0 Å². The van der Waals surface area contributed by atoms with E-state index in [4.69, 9.17) is 14.2 Å². The first kappa shape index (κ1) is 15.6. The van der Waals surface area contributed by atoms with Crippen LogP contribution in [0.1, 0.15) is 43.7 Å². The zero-order chi connectivity index (χ0) is 15.4. The smallest absolute Gasteiger partial charge is 0.161 e. The van der Waals surface area contributed by atoms with Gasteiger partial charge >= 0.3 is 0 Å². The molecule has 2 aliphatic rings. The monoisotopic (exact) mass is 305 g/mol. The summed E-state index contributed by atoms with van der Waals surface area (Å²) >= 11 is 0. The second-order valence-electron chi connectivity index (χ2n) is 6.23. The molecule has 0 aliphatic carbocycles. The predicted molar refractivity (Wildman–Crippen MR) is 86.7 cm³/mol. The third-order valence-corrected chi connectivity index (χ3v) is 4.92. The molecule has 0 saturated carbocycles. The van der Waals surface area contributed by atoms with Crippen molar-refractivity contribution in [2.75, 3.05) is 33.9 Å². The Morgan fingerprint density at radius 3 is 2.73 bits per heavy atom. The van der Waals surface area contributed by atoms with Gasteiger partial charge in [0.15, 0.2) is 11.5 Å². The van der Waals surface area contributed by atoms with E-state index in [1.165, 1.54) is 37.8 Å². The third kappa shape index (κ3) is 3.39. The topological polar surface area (TPSA) is 30.9 Å². The Balaban J connectivity index is 1.66. The lowest BCUT2D eigenvalue weighted by molar-refractivity contribution is 0.0901. The van der Waals surface area contributed by atoms with E-state index >= 15 is 0 Å². The molecule has 0 amide bonds. The highest BCUT2D eigenvalue weighted by molar-refractivity contribution is 5.44. The molecule has 4 heteroatoms. The minimum Gasteiger partial charge on any atom is -0.493 e. The summed E-state index contributed by atoms with van der Waals surface area (Å²) in [5.74, 6) is 1.63. The van der Waals surface area contributed by atoms with Crippen molar-refractivity contribution in [1.29, 1.82) is 0 Å². The number of nitrogens with zero attached hydrogens (tertiary/aromatic N) is 1. The zero-order valence-corrected chi connectivity index (χ0v) is 13.7.